The monoisotopic (exact) mass is 317 g/mol. The Balaban J connectivity index is 1.92. The number of aromatic amines is 1. The molecule has 1 aromatic carbocycles. The maximum atomic E-state index is 4.20. The molecule has 0 saturated carbocycles. The van der Waals surface area contributed by atoms with Gasteiger partial charge in [-0.3, -0.25) is 10.1 Å². The molecule has 0 unspecified atom stereocenters. The van der Waals surface area contributed by atoms with E-state index in [4.69, 9.17) is 0 Å². The topological polar surface area (TPSA) is 41.6 Å². The fourth-order valence-electron chi connectivity index (χ4n) is 2.24. The van der Waals surface area contributed by atoms with E-state index in [0.29, 0.717) is 0 Å². The molecule has 3 rings (SSSR count). The van der Waals surface area contributed by atoms with Crippen LogP contribution < -0.4 is 0 Å². The van der Waals surface area contributed by atoms with Crippen LogP contribution in [0.25, 0.3) is 22.4 Å². The average molecular weight is 317 g/mol. The first-order valence-corrected chi connectivity index (χ1v) is 11.1. The van der Waals surface area contributed by atoms with Gasteiger partial charge in [-0.2, -0.15) is 5.10 Å². The molecule has 0 aliphatic carbocycles. The Hall–Kier alpha value is -2.64. The van der Waals surface area contributed by atoms with Crippen molar-refractivity contribution in [1.82, 2.24) is 15.2 Å². The van der Waals surface area contributed by atoms with E-state index in [2.05, 4.69) is 70.6 Å². The molecule has 0 fully saturated rings. The second-order valence-electron chi connectivity index (χ2n) is 6.47. The van der Waals surface area contributed by atoms with Gasteiger partial charge in [-0.25, -0.2) is 0 Å². The summed E-state index contributed by atoms with van der Waals surface area (Å²) in [6, 6.07) is 12.3. The largest absolute Gasteiger partial charge is 0.277 e. The van der Waals surface area contributed by atoms with E-state index in [0.717, 1.165) is 27.9 Å². The van der Waals surface area contributed by atoms with Crippen molar-refractivity contribution in [3.63, 3.8) is 0 Å². The molecule has 0 spiro atoms. The summed E-state index contributed by atoms with van der Waals surface area (Å²) in [5, 5.41) is 7.29. The van der Waals surface area contributed by atoms with Crippen LogP contribution in [0.5, 0.6) is 0 Å². The molecule has 3 aromatic rings. The van der Waals surface area contributed by atoms with Gasteiger partial charge in [0.2, 0.25) is 0 Å². The molecule has 2 heterocycles. The molecular weight excluding hydrogens is 298 g/mol. The minimum absolute atomic E-state index is 1.01. The molecule has 2 aromatic heterocycles. The number of rotatable bonds is 2. The fraction of sp³-hybridized carbons (Fsp3) is 0.158. The highest BCUT2D eigenvalue weighted by Crippen LogP contribution is 2.29. The van der Waals surface area contributed by atoms with Crippen LogP contribution in [-0.4, -0.2) is 23.3 Å². The van der Waals surface area contributed by atoms with E-state index < -0.39 is 8.07 Å². The predicted octanol–water partition coefficient (Wildman–Crippen LogP) is 4.37. The summed E-state index contributed by atoms with van der Waals surface area (Å²) < 4.78 is 0. The fourth-order valence-corrected chi connectivity index (χ4v) is 2.76. The summed E-state index contributed by atoms with van der Waals surface area (Å²) in [4.78, 5) is 4.07. The zero-order chi connectivity index (χ0) is 16.3. The highest BCUT2D eigenvalue weighted by atomic mass is 28.3. The Morgan fingerprint density at radius 1 is 0.913 bits per heavy atom. The summed E-state index contributed by atoms with van der Waals surface area (Å²) >= 11 is 0. The Kier molecular flexibility index (Phi) is 4.13. The number of H-pyrrole nitrogens is 1. The Morgan fingerprint density at radius 2 is 1.61 bits per heavy atom. The third kappa shape index (κ3) is 3.76. The molecule has 3 nitrogen and oxygen atoms in total. The lowest BCUT2D eigenvalue weighted by atomic mass is 10.0. The second-order valence-corrected chi connectivity index (χ2v) is 11.2. The van der Waals surface area contributed by atoms with Gasteiger partial charge in [0.15, 0.2) is 0 Å². The van der Waals surface area contributed by atoms with Gasteiger partial charge < -0.3 is 0 Å². The van der Waals surface area contributed by atoms with Crippen LogP contribution in [0.4, 0.5) is 0 Å². The van der Waals surface area contributed by atoms with Crippen molar-refractivity contribution < 1.29 is 0 Å². The first kappa shape index (κ1) is 15.3. The van der Waals surface area contributed by atoms with Gasteiger partial charge in [0, 0.05) is 29.1 Å². The summed E-state index contributed by atoms with van der Waals surface area (Å²) in [6.45, 7) is 6.75. The van der Waals surface area contributed by atoms with Crippen LogP contribution >= 0.6 is 0 Å². The van der Waals surface area contributed by atoms with Crippen molar-refractivity contribution in [2.75, 3.05) is 0 Å². The zero-order valence-corrected chi connectivity index (χ0v) is 14.6. The van der Waals surface area contributed by atoms with Gasteiger partial charge in [-0.05, 0) is 29.8 Å². The Morgan fingerprint density at radius 3 is 2.26 bits per heavy atom. The van der Waals surface area contributed by atoms with E-state index in [9.17, 15) is 0 Å². The van der Waals surface area contributed by atoms with Crippen LogP contribution in [0, 0.1) is 11.5 Å². The van der Waals surface area contributed by atoms with Crippen LogP contribution in [0.15, 0.2) is 55.0 Å². The number of pyridine rings is 1. The molecule has 23 heavy (non-hydrogen) atoms. The van der Waals surface area contributed by atoms with Crippen LogP contribution in [0.2, 0.25) is 19.6 Å². The van der Waals surface area contributed by atoms with E-state index in [1.165, 1.54) is 0 Å². The number of hydrogen-bond acceptors (Lipinski definition) is 2. The molecule has 0 aliphatic rings. The average Bonchev–Trinajstić information content (AvgIpc) is 3.03. The quantitative estimate of drug-likeness (QED) is 0.563. The molecule has 0 amide bonds. The minimum atomic E-state index is -1.34. The summed E-state index contributed by atoms with van der Waals surface area (Å²) in [5.74, 6) is 3.28. The zero-order valence-electron chi connectivity index (χ0n) is 13.6. The van der Waals surface area contributed by atoms with Gasteiger partial charge in [-0.1, -0.05) is 37.7 Å². The van der Waals surface area contributed by atoms with E-state index in [1.54, 1.807) is 12.4 Å². The third-order valence-electron chi connectivity index (χ3n) is 3.39. The molecule has 0 radical (unpaired) electrons. The summed E-state index contributed by atoms with van der Waals surface area (Å²) in [6.07, 6.45) is 5.44. The molecular formula is C19H19N3Si. The lowest BCUT2D eigenvalue weighted by Crippen LogP contribution is -2.16. The number of nitrogens with zero attached hydrogens (tertiary/aromatic N) is 2. The second kappa shape index (κ2) is 6.23. The van der Waals surface area contributed by atoms with Gasteiger partial charge in [0.25, 0.3) is 0 Å². The number of hydrogen-bond donors (Lipinski definition) is 1. The number of benzene rings is 1. The lowest BCUT2D eigenvalue weighted by Gasteiger charge is -2.05. The molecule has 0 atom stereocenters. The lowest BCUT2D eigenvalue weighted by molar-refractivity contribution is 1.10. The normalized spacial score (nSPS) is 10.9. The maximum Gasteiger partial charge on any atom is 0.129 e. The SMILES string of the molecule is C[Si](C)(C)C#Cc1ccc(-c2[nH]ncc2-c2ccncc2)cc1. The third-order valence-corrected chi connectivity index (χ3v) is 4.26. The standard InChI is InChI=1S/C19H19N3Si/c1-23(2,3)13-10-15-4-6-17(7-5-15)19-18(14-21-22-19)16-8-11-20-12-9-16/h4-9,11-12,14H,1-3H3,(H,21,22). The van der Waals surface area contributed by atoms with Crippen molar-refractivity contribution in [2.45, 2.75) is 19.6 Å². The van der Waals surface area contributed by atoms with E-state index in [-0.39, 0.29) is 0 Å². The molecule has 0 bridgehead atoms. The van der Waals surface area contributed by atoms with Gasteiger partial charge in [-0.15, -0.1) is 5.54 Å². The first-order chi connectivity index (χ1) is 11.0. The van der Waals surface area contributed by atoms with Gasteiger partial charge >= 0.3 is 0 Å². The smallest absolute Gasteiger partial charge is 0.129 e. The first-order valence-electron chi connectivity index (χ1n) is 7.60. The van der Waals surface area contributed by atoms with E-state index >= 15 is 0 Å². The molecule has 1 N–H and O–H groups in total. The summed E-state index contributed by atoms with van der Waals surface area (Å²) in [7, 11) is -1.34. The molecule has 0 saturated heterocycles. The molecule has 0 aliphatic heterocycles. The molecule has 114 valence electrons. The minimum Gasteiger partial charge on any atom is -0.277 e. The number of aromatic nitrogens is 3. The van der Waals surface area contributed by atoms with Crippen LogP contribution in [-0.2, 0) is 0 Å². The van der Waals surface area contributed by atoms with Crippen LogP contribution in [0.1, 0.15) is 5.56 Å². The van der Waals surface area contributed by atoms with E-state index in [1.807, 2.05) is 18.3 Å². The van der Waals surface area contributed by atoms with Gasteiger partial charge in [0.1, 0.15) is 8.07 Å². The highest BCUT2D eigenvalue weighted by Gasteiger charge is 2.10. The van der Waals surface area contributed by atoms with Crippen molar-refractivity contribution in [2.24, 2.45) is 0 Å². The number of nitrogens with one attached hydrogen (secondary N) is 1. The predicted molar refractivity (Wildman–Crippen MR) is 97.5 cm³/mol. The highest BCUT2D eigenvalue weighted by molar-refractivity contribution is 6.83. The summed E-state index contributed by atoms with van der Waals surface area (Å²) in [5.41, 5.74) is 8.75. The molecule has 4 heteroatoms. The Bertz CT molecular complexity index is 847. The van der Waals surface area contributed by atoms with Crippen molar-refractivity contribution in [3.05, 3.63) is 60.6 Å². The van der Waals surface area contributed by atoms with Crippen molar-refractivity contribution >= 4 is 8.07 Å². The van der Waals surface area contributed by atoms with Crippen molar-refractivity contribution in [3.8, 4) is 33.8 Å². The maximum absolute atomic E-state index is 4.20. The van der Waals surface area contributed by atoms with Crippen LogP contribution in [0.3, 0.4) is 0 Å². The Labute approximate surface area is 137 Å². The van der Waals surface area contributed by atoms with Crippen molar-refractivity contribution in [1.29, 1.82) is 0 Å². The van der Waals surface area contributed by atoms with Gasteiger partial charge in [0.05, 0.1) is 11.9 Å².